The highest BCUT2D eigenvalue weighted by atomic mass is 19.1. The number of carbonyl (C=O) groups is 1. The monoisotopic (exact) mass is 239 g/mol. The number of hydrogen-bond acceptors (Lipinski definition) is 3. The van der Waals surface area contributed by atoms with Crippen LogP contribution in [0.25, 0.3) is 0 Å². The molecule has 1 amide bonds. The zero-order valence-corrected chi connectivity index (χ0v) is 9.70. The number of nitrogens with one attached hydrogen (secondary N) is 1. The maximum Gasteiger partial charge on any atom is 0.251 e. The Morgan fingerprint density at radius 1 is 1.53 bits per heavy atom. The Morgan fingerprint density at radius 2 is 2.29 bits per heavy atom. The number of hydrogen-bond donors (Lipinski definition) is 1. The Labute approximate surface area is 99.0 Å². The van der Waals surface area contributed by atoms with Crippen LogP contribution in [0, 0.1) is 5.82 Å². The molecule has 0 saturated heterocycles. The van der Waals surface area contributed by atoms with E-state index in [9.17, 15) is 9.18 Å². The summed E-state index contributed by atoms with van der Waals surface area (Å²) in [6, 6.07) is 4.29. The second-order valence-corrected chi connectivity index (χ2v) is 3.07. The van der Waals surface area contributed by atoms with Gasteiger partial charge in [-0.2, -0.15) is 0 Å². The number of halogens is 1. The molecule has 0 radical (unpaired) electrons. The largest absolute Gasteiger partial charge is 0.501 e. The fraction of sp³-hybridized carbons (Fsp3) is 0.250. The van der Waals surface area contributed by atoms with Crippen molar-refractivity contribution in [3.63, 3.8) is 0 Å². The van der Waals surface area contributed by atoms with Gasteiger partial charge in [-0.25, -0.2) is 4.39 Å². The van der Waals surface area contributed by atoms with Crippen molar-refractivity contribution in [2.45, 2.75) is 6.92 Å². The van der Waals surface area contributed by atoms with Crippen LogP contribution in [-0.2, 0) is 9.53 Å². The Bertz CT molecular complexity index is 418. The topological polar surface area (TPSA) is 47.6 Å². The van der Waals surface area contributed by atoms with E-state index in [2.05, 4.69) is 5.32 Å². The van der Waals surface area contributed by atoms with Crippen LogP contribution in [0.15, 0.2) is 30.5 Å². The summed E-state index contributed by atoms with van der Waals surface area (Å²) >= 11 is 0. The van der Waals surface area contributed by atoms with E-state index in [1.807, 2.05) is 0 Å². The predicted molar refractivity (Wildman–Crippen MR) is 62.3 cm³/mol. The molecule has 0 atom stereocenters. The average Bonchev–Trinajstić information content (AvgIpc) is 2.29. The fourth-order valence-electron chi connectivity index (χ4n) is 1.20. The second-order valence-electron chi connectivity index (χ2n) is 3.07. The van der Waals surface area contributed by atoms with Gasteiger partial charge in [0.05, 0.1) is 25.7 Å². The maximum absolute atomic E-state index is 13.3. The van der Waals surface area contributed by atoms with Crippen molar-refractivity contribution in [3.8, 4) is 5.75 Å². The molecule has 1 N–H and O–H groups in total. The molecule has 1 aromatic carbocycles. The summed E-state index contributed by atoms with van der Waals surface area (Å²) in [7, 11) is 1.34. The third-order valence-electron chi connectivity index (χ3n) is 1.91. The average molecular weight is 239 g/mol. The van der Waals surface area contributed by atoms with E-state index in [1.54, 1.807) is 13.0 Å². The smallest absolute Gasteiger partial charge is 0.251 e. The lowest BCUT2D eigenvalue weighted by Crippen LogP contribution is -2.09. The first-order chi connectivity index (χ1) is 8.19. The fourth-order valence-corrected chi connectivity index (χ4v) is 1.20. The van der Waals surface area contributed by atoms with Crippen LogP contribution in [0.1, 0.15) is 6.92 Å². The molecule has 0 bridgehead atoms. The molecule has 0 saturated carbocycles. The molecule has 0 aliphatic carbocycles. The van der Waals surface area contributed by atoms with E-state index in [0.717, 1.165) is 0 Å². The SMILES string of the molecule is CCO/C=C/C(=O)Nc1cccc(F)c1OC. The van der Waals surface area contributed by atoms with Gasteiger partial charge in [-0.05, 0) is 19.1 Å². The first-order valence-electron chi connectivity index (χ1n) is 5.10. The highest BCUT2D eigenvalue weighted by Crippen LogP contribution is 2.26. The Balaban J connectivity index is 2.74. The summed E-state index contributed by atoms with van der Waals surface area (Å²) in [5.74, 6) is -0.938. The Kier molecular flexibility index (Phi) is 5.00. The van der Waals surface area contributed by atoms with Crippen LogP contribution in [0.5, 0.6) is 5.75 Å². The van der Waals surface area contributed by atoms with Gasteiger partial charge < -0.3 is 14.8 Å². The van der Waals surface area contributed by atoms with Crippen molar-refractivity contribution in [1.82, 2.24) is 0 Å². The molecule has 0 fully saturated rings. The summed E-state index contributed by atoms with van der Waals surface area (Å²) in [6.45, 7) is 2.28. The molecular weight excluding hydrogens is 225 g/mol. The second kappa shape index (κ2) is 6.52. The van der Waals surface area contributed by atoms with Crippen LogP contribution in [0.4, 0.5) is 10.1 Å². The number of ether oxygens (including phenoxy) is 2. The van der Waals surface area contributed by atoms with E-state index >= 15 is 0 Å². The van der Waals surface area contributed by atoms with Crippen LogP contribution >= 0.6 is 0 Å². The third-order valence-corrected chi connectivity index (χ3v) is 1.91. The van der Waals surface area contributed by atoms with Crippen LogP contribution < -0.4 is 10.1 Å². The quantitative estimate of drug-likeness (QED) is 0.633. The lowest BCUT2D eigenvalue weighted by Gasteiger charge is -2.09. The van der Waals surface area contributed by atoms with E-state index in [4.69, 9.17) is 9.47 Å². The summed E-state index contributed by atoms with van der Waals surface area (Å²) in [6.07, 6.45) is 2.49. The lowest BCUT2D eigenvalue weighted by atomic mass is 10.2. The van der Waals surface area contributed by atoms with Crippen molar-refractivity contribution in [2.24, 2.45) is 0 Å². The molecule has 0 aromatic heterocycles. The number of carbonyl (C=O) groups excluding carboxylic acids is 1. The predicted octanol–water partition coefficient (Wildman–Crippen LogP) is 2.32. The van der Waals surface area contributed by atoms with Crippen LogP contribution in [0.2, 0.25) is 0 Å². The van der Waals surface area contributed by atoms with E-state index < -0.39 is 11.7 Å². The van der Waals surface area contributed by atoms with Crippen molar-refractivity contribution < 1.29 is 18.7 Å². The highest BCUT2D eigenvalue weighted by molar-refractivity contribution is 6.00. The first kappa shape index (κ1) is 13.0. The minimum Gasteiger partial charge on any atom is -0.501 e. The molecule has 0 unspecified atom stereocenters. The molecule has 17 heavy (non-hydrogen) atoms. The van der Waals surface area contributed by atoms with Crippen LogP contribution in [-0.4, -0.2) is 19.6 Å². The minimum absolute atomic E-state index is 0.00524. The van der Waals surface area contributed by atoms with Gasteiger partial charge >= 0.3 is 0 Å². The molecule has 4 nitrogen and oxygen atoms in total. The van der Waals surface area contributed by atoms with E-state index in [-0.39, 0.29) is 11.4 Å². The maximum atomic E-state index is 13.3. The summed E-state index contributed by atoms with van der Waals surface area (Å²) in [5.41, 5.74) is 0.277. The number of para-hydroxylation sites is 1. The van der Waals surface area contributed by atoms with Gasteiger partial charge in [0.2, 0.25) is 0 Å². The lowest BCUT2D eigenvalue weighted by molar-refractivity contribution is -0.112. The van der Waals surface area contributed by atoms with E-state index in [1.165, 1.54) is 31.6 Å². The van der Waals surface area contributed by atoms with Crippen molar-refractivity contribution in [3.05, 3.63) is 36.4 Å². The number of benzene rings is 1. The molecule has 0 heterocycles. The van der Waals surface area contributed by atoms with Gasteiger partial charge in [0.15, 0.2) is 11.6 Å². The number of rotatable bonds is 5. The van der Waals surface area contributed by atoms with Gasteiger partial charge in [0, 0.05) is 6.08 Å². The van der Waals surface area contributed by atoms with Gasteiger partial charge in [-0.15, -0.1) is 0 Å². The molecule has 1 rings (SSSR count). The molecule has 1 aromatic rings. The van der Waals surface area contributed by atoms with Crippen molar-refractivity contribution in [1.29, 1.82) is 0 Å². The molecule has 92 valence electrons. The minimum atomic E-state index is -0.529. The summed E-state index contributed by atoms with van der Waals surface area (Å²) < 4.78 is 23.0. The summed E-state index contributed by atoms with van der Waals surface area (Å²) in [5, 5.41) is 2.49. The molecule has 0 aliphatic heterocycles. The van der Waals surface area contributed by atoms with Gasteiger partial charge in [-0.3, -0.25) is 4.79 Å². The van der Waals surface area contributed by atoms with Crippen molar-refractivity contribution in [2.75, 3.05) is 19.0 Å². The van der Waals surface area contributed by atoms with E-state index in [0.29, 0.717) is 6.61 Å². The zero-order valence-electron chi connectivity index (χ0n) is 9.70. The van der Waals surface area contributed by atoms with Crippen molar-refractivity contribution >= 4 is 11.6 Å². The Hall–Kier alpha value is -2.04. The zero-order chi connectivity index (χ0) is 12.7. The van der Waals surface area contributed by atoms with Gasteiger partial charge in [-0.1, -0.05) is 6.07 Å². The third kappa shape index (κ3) is 3.79. The van der Waals surface area contributed by atoms with Gasteiger partial charge in [0.25, 0.3) is 5.91 Å². The standard InChI is InChI=1S/C12H14FNO3/c1-3-17-8-7-11(15)14-10-6-4-5-9(13)12(10)16-2/h4-8H,3H2,1-2H3,(H,14,15)/b8-7+. The molecule has 0 aliphatic rings. The molecular formula is C12H14FNO3. The normalized spacial score (nSPS) is 10.3. The Morgan fingerprint density at radius 3 is 2.94 bits per heavy atom. The van der Waals surface area contributed by atoms with Crippen LogP contribution in [0.3, 0.4) is 0 Å². The summed E-state index contributed by atoms with van der Waals surface area (Å²) in [4.78, 5) is 11.4. The number of anilines is 1. The molecule has 5 heteroatoms. The first-order valence-corrected chi connectivity index (χ1v) is 5.10. The highest BCUT2D eigenvalue weighted by Gasteiger charge is 2.09. The molecule has 0 spiro atoms. The van der Waals surface area contributed by atoms with Gasteiger partial charge in [0.1, 0.15) is 0 Å². The number of amides is 1. The number of methoxy groups -OCH3 is 1.